The van der Waals surface area contributed by atoms with Gasteiger partial charge in [-0.2, -0.15) is 13.2 Å². The largest absolute Gasteiger partial charge is 0.474 e. The topological polar surface area (TPSA) is 58.5 Å². The Labute approximate surface area is 169 Å². The average molecular weight is 486 g/mol. The van der Waals surface area contributed by atoms with Crippen molar-refractivity contribution in [2.24, 2.45) is 4.99 Å². The number of ether oxygens (including phenoxy) is 1. The minimum absolute atomic E-state index is 0. The second-order valence-corrected chi connectivity index (χ2v) is 6.01. The van der Waals surface area contributed by atoms with E-state index < -0.39 is 12.6 Å². The van der Waals surface area contributed by atoms with Crippen LogP contribution >= 0.6 is 24.0 Å². The van der Waals surface area contributed by atoms with Crippen LogP contribution in [0.25, 0.3) is 0 Å². The molecule has 1 aromatic heterocycles. The Morgan fingerprint density at radius 1 is 1.31 bits per heavy atom. The first-order chi connectivity index (χ1) is 12.0. The van der Waals surface area contributed by atoms with E-state index in [1.807, 2.05) is 19.1 Å². The SMILES string of the molecule is CCNC(=NCc1ccnc(OC2CCCC2)c1)NCCC(F)(F)F.I. The van der Waals surface area contributed by atoms with E-state index in [-0.39, 0.29) is 36.6 Å². The number of guanidine groups is 1. The third kappa shape index (κ3) is 8.91. The van der Waals surface area contributed by atoms with Crippen molar-refractivity contribution in [2.45, 2.75) is 57.9 Å². The van der Waals surface area contributed by atoms with Gasteiger partial charge in [0.1, 0.15) is 6.10 Å². The summed E-state index contributed by atoms with van der Waals surface area (Å²) in [7, 11) is 0. The van der Waals surface area contributed by atoms with Gasteiger partial charge in [0, 0.05) is 25.4 Å². The molecule has 0 atom stereocenters. The normalized spacial score (nSPS) is 15.5. The van der Waals surface area contributed by atoms with E-state index in [1.165, 1.54) is 12.8 Å². The Bertz CT molecular complexity index is 563. The number of aliphatic imine (C=N–C) groups is 1. The van der Waals surface area contributed by atoms with Crippen LogP contribution in [-0.4, -0.2) is 36.3 Å². The lowest BCUT2D eigenvalue weighted by Gasteiger charge is -2.13. The molecule has 0 radical (unpaired) electrons. The molecule has 0 unspecified atom stereocenters. The Balaban J connectivity index is 0.00000338. The van der Waals surface area contributed by atoms with Gasteiger partial charge < -0.3 is 15.4 Å². The maximum absolute atomic E-state index is 12.2. The lowest BCUT2D eigenvalue weighted by Crippen LogP contribution is -2.38. The van der Waals surface area contributed by atoms with Gasteiger partial charge in [0.25, 0.3) is 0 Å². The van der Waals surface area contributed by atoms with E-state index in [9.17, 15) is 13.2 Å². The molecule has 0 amide bonds. The fraction of sp³-hybridized carbons (Fsp3) is 0.647. The van der Waals surface area contributed by atoms with E-state index >= 15 is 0 Å². The smallest absolute Gasteiger partial charge is 0.390 e. The predicted molar refractivity (Wildman–Crippen MR) is 106 cm³/mol. The summed E-state index contributed by atoms with van der Waals surface area (Å²) in [6.45, 7) is 2.57. The van der Waals surface area contributed by atoms with Crippen molar-refractivity contribution in [1.29, 1.82) is 0 Å². The van der Waals surface area contributed by atoms with Crippen LogP contribution in [0.3, 0.4) is 0 Å². The molecule has 1 aromatic rings. The molecule has 9 heteroatoms. The molecule has 1 aliphatic carbocycles. The van der Waals surface area contributed by atoms with E-state index in [1.54, 1.807) is 6.20 Å². The van der Waals surface area contributed by atoms with Crippen molar-refractivity contribution in [3.8, 4) is 5.88 Å². The van der Waals surface area contributed by atoms with Crippen LogP contribution in [0.4, 0.5) is 13.2 Å². The van der Waals surface area contributed by atoms with Crippen molar-refractivity contribution in [3.05, 3.63) is 23.9 Å². The number of pyridine rings is 1. The van der Waals surface area contributed by atoms with E-state index in [2.05, 4.69) is 20.6 Å². The monoisotopic (exact) mass is 486 g/mol. The van der Waals surface area contributed by atoms with E-state index in [0.717, 1.165) is 18.4 Å². The maximum Gasteiger partial charge on any atom is 0.390 e. The van der Waals surface area contributed by atoms with Gasteiger partial charge in [0.15, 0.2) is 5.96 Å². The van der Waals surface area contributed by atoms with Gasteiger partial charge in [0.2, 0.25) is 5.88 Å². The Morgan fingerprint density at radius 2 is 2.04 bits per heavy atom. The molecule has 0 spiro atoms. The highest BCUT2D eigenvalue weighted by molar-refractivity contribution is 14.0. The number of hydrogen-bond acceptors (Lipinski definition) is 3. The van der Waals surface area contributed by atoms with E-state index in [4.69, 9.17) is 4.74 Å². The third-order valence-corrected chi connectivity index (χ3v) is 3.85. The lowest BCUT2D eigenvalue weighted by molar-refractivity contribution is -0.132. The lowest BCUT2D eigenvalue weighted by atomic mass is 10.2. The molecule has 1 fully saturated rings. The maximum atomic E-state index is 12.2. The fourth-order valence-corrected chi connectivity index (χ4v) is 2.62. The van der Waals surface area contributed by atoms with Gasteiger partial charge in [-0.05, 0) is 44.2 Å². The van der Waals surface area contributed by atoms with Crippen LogP contribution in [0, 0.1) is 0 Å². The zero-order chi connectivity index (χ0) is 18.1. The molecule has 5 nitrogen and oxygen atoms in total. The second kappa shape index (κ2) is 11.5. The molecule has 1 saturated carbocycles. The molecule has 148 valence electrons. The van der Waals surface area contributed by atoms with Crippen molar-refractivity contribution in [1.82, 2.24) is 15.6 Å². The summed E-state index contributed by atoms with van der Waals surface area (Å²) < 4.78 is 42.6. The number of aromatic nitrogens is 1. The Morgan fingerprint density at radius 3 is 2.69 bits per heavy atom. The molecule has 0 aromatic carbocycles. The molecule has 2 rings (SSSR count). The highest BCUT2D eigenvalue weighted by Gasteiger charge is 2.26. The number of halogens is 4. The van der Waals surface area contributed by atoms with Gasteiger partial charge in [-0.1, -0.05) is 0 Å². The molecule has 0 aliphatic heterocycles. The van der Waals surface area contributed by atoms with Gasteiger partial charge in [-0.3, -0.25) is 0 Å². The first-order valence-electron chi connectivity index (χ1n) is 8.67. The zero-order valence-corrected chi connectivity index (χ0v) is 17.1. The summed E-state index contributed by atoms with van der Waals surface area (Å²) in [6, 6.07) is 3.66. The average Bonchev–Trinajstić information content (AvgIpc) is 3.05. The second-order valence-electron chi connectivity index (χ2n) is 6.01. The van der Waals surface area contributed by atoms with Gasteiger partial charge >= 0.3 is 6.18 Å². The molecule has 1 aliphatic rings. The van der Waals surface area contributed by atoms with Crippen LogP contribution in [0.15, 0.2) is 23.3 Å². The number of nitrogens with one attached hydrogen (secondary N) is 2. The third-order valence-electron chi connectivity index (χ3n) is 3.85. The molecular formula is C17H26F3IN4O. The predicted octanol–water partition coefficient (Wildman–Crippen LogP) is 4.03. The van der Waals surface area contributed by atoms with Gasteiger partial charge in [0.05, 0.1) is 13.0 Å². The quantitative estimate of drug-likeness (QED) is 0.347. The fourth-order valence-electron chi connectivity index (χ4n) is 2.62. The Hall–Kier alpha value is -1.26. The van der Waals surface area contributed by atoms with Crippen molar-refractivity contribution < 1.29 is 17.9 Å². The zero-order valence-electron chi connectivity index (χ0n) is 14.8. The van der Waals surface area contributed by atoms with Gasteiger partial charge in [-0.25, -0.2) is 9.98 Å². The van der Waals surface area contributed by atoms with Crippen molar-refractivity contribution in [3.63, 3.8) is 0 Å². The summed E-state index contributed by atoms with van der Waals surface area (Å²) in [5.41, 5.74) is 0.899. The molecule has 2 N–H and O–H groups in total. The summed E-state index contributed by atoms with van der Waals surface area (Å²) in [6.07, 6.45) is 1.30. The summed E-state index contributed by atoms with van der Waals surface area (Å²) in [5, 5.41) is 5.63. The summed E-state index contributed by atoms with van der Waals surface area (Å²) >= 11 is 0. The molecule has 26 heavy (non-hydrogen) atoms. The van der Waals surface area contributed by atoms with E-state index in [0.29, 0.717) is 24.9 Å². The standard InChI is InChI=1S/C17H25F3N4O.HI/c1-2-21-16(23-10-8-17(18,19)20)24-12-13-7-9-22-15(11-13)25-14-5-3-4-6-14;/h7,9,11,14H,2-6,8,10,12H2,1H3,(H2,21,23,24);1H. The number of rotatable bonds is 7. The molecule has 1 heterocycles. The van der Waals surface area contributed by atoms with Crippen LogP contribution in [-0.2, 0) is 6.54 Å². The van der Waals surface area contributed by atoms with Gasteiger partial charge in [-0.15, -0.1) is 24.0 Å². The van der Waals surface area contributed by atoms with Crippen molar-refractivity contribution >= 4 is 29.9 Å². The van der Waals surface area contributed by atoms with Crippen LogP contribution < -0.4 is 15.4 Å². The van der Waals surface area contributed by atoms with Crippen LogP contribution in [0.5, 0.6) is 5.88 Å². The van der Waals surface area contributed by atoms with Crippen LogP contribution in [0.1, 0.15) is 44.6 Å². The number of hydrogen-bond donors (Lipinski definition) is 2. The number of alkyl halides is 3. The van der Waals surface area contributed by atoms with Crippen molar-refractivity contribution in [2.75, 3.05) is 13.1 Å². The first kappa shape index (κ1) is 22.8. The highest BCUT2D eigenvalue weighted by Crippen LogP contribution is 2.23. The van der Waals surface area contributed by atoms with Crippen LogP contribution in [0.2, 0.25) is 0 Å². The minimum Gasteiger partial charge on any atom is -0.474 e. The minimum atomic E-state index is -4.18. The number of nitrogens with zero attached hydrogens (tertiary/aromatic N) is 2. The highest BCUT2D eigenvalue weighted by atomic mass is 127. The summed E-state index contributed by atoms with van der Waals surface area (Å²) in [5.74, 6) is 0.941. The summed E-state index contributed by atoms with van der Waals surface area (Å²) in [4.78, 5) is 8.54. The Kier molecular flexibility index (Phi) is 10.0. The molecule has 0 saturated heterocycles. The first-order valence-corrected chi connectivity index (χ1v) is 8.67. The molecule has 0 bridgehead atoms. The molecular weight excluding hydrogens is 460 g/mol.